The minimum Gasteiger partial charge on any atom is -0.378 e. The van der Waals surface area contributed by atoms with Crippen molar-refractivity contribution in [3.8, 4) is 6.07 Å². The average Bonchev–Trinajstić information content (AvgIpc) is 2.54. The number of ketones is 2. The summed E-state index contributed by atoms with van der Waals surface area (Å²) in [6, 6.07) is 15.4. The van der Waals surface area contributed by atoms with Gasteiger partial charge in [-0.25, -0.2) is 0 Å². The predicted octanol–water partition coefficient (Wildman–Crippen LogP) is 3.08. The van der Waals surface area contributed by atoms with E-state index in [0.29, 0.717) is 16.7 Å². The molecule has 0 radical (unpaired) electrons. The lowest BCUT2D eigenvalue weighted by Gasteiger charge is -2.12. The van der Waals surface area contributed by atoms with Gasteiger partial charge in [-0.1, -0.05) is 12.1 Å². The predicted molar refractivity (Wildman–Crippen MR) is 85.2 cm³/mol. The lowest BCUT2D eigenvalue weighted by molar-refractivity contribution is 0.0894. The maximum atomic E-state index is 12.1. The molecule has 4 heteroatoms. The Hall–Kier alpha value is -2.93. The molecule has 4 nitrogen and oxygen atoms in total. The van der Waals surface area contributed by atoms with Crippen LogP contribution in [0.5, 0.6) is 0 Å². The van der Waals surface area contributed by atoms with Crippen LogP contribution in [0.4, 0.5) is 5.69 Å². The molecule has 0 atom stereocenters. The molecule has 0 aromatic heterocycles. The van der Waals surface area contributed by atoms with Crippen LogP contribution in [-0.2, 0) is 0 Å². The molecule has 2 aromatic rings. The fourth-order valence-corrected chi connectivity index (χ4v) is 2.03. The highest BCUT2D eigenvalue weighted by molar-refractivity contribution is 6.13. The second-order valence-electron chi connectivity index (χ2n) is 5.15. The first kappa shape index (κ1) is 15.5. The van der Waals surface area contributed by atoms with E-state index in [1.165, 1.54) is 0 Å². The number of hydrogen-bond donors (Lipinski definition) is 0. The lowest BCUT2D eigenvalue weighted by atomic mass is 10.0. The van der Waals surface area contributed by atoms with E-state index in [0.717, 1.165) is 5.69 Å². The van der Waals surface area contributed by atoms with Crippen LogP contribution in [0.15, 0.2) is 48.5 Å². The Labute approximate surface area is 129 Å². The Morgan fingerprint density at radius 1 is 0.909 bits per heavy atom. The summed E-state index contributed by atoms with van der Waals surface area (Å²) in [5.74, 6) is -0.453. The van der Waals surface area contributed by atoms with Crippen LogP contribution >= 0.6 is 0 Å². The van der Waals surface area contributed by atoms with E-state index >= 15 is 0 Å². The van der Waals surface area contributed by atoms with Gasteiger partial charge >= 0.3 is 0 Å². The first-order valence-corrected chi connectivity index (χ1v) is 6.85. The Morgan fingerprint density at radius 3 is 1.77 bits per heavy atom. The number of carbonyl (C=O) groups is 2. The van der Waals surface area contributed by atoms with Gasteiger partial charge in [-0.05, 0) is 36.4 Å². The number of hydrogen-bond acceptors (Lipinski definition) is 4. The topological polar surface area (TPSA) is 61.2 Å². The maximum Gasteiger partial charge on any atom is 0.170 e. The second kappa shape index (κ2) is 6.68. The maximum absolute atomic E-state index is 12.1. The van der Waals surface area contributed by atoms with E-state index in [9.17, 15) is 9.59 Å². The van der Waals surface area contributed by atoms with Gasteiger partial charge < -0.3 is 4.90 Å². The summed E-state index contributed by atoms with van der Waals surface area (Å²) in [6.07, 6.45) is -0.173. The highest BCUT2D eigenvalue weighted by Gasteiger charge is 2.13. The van der Waals surface area contributed by atoms with Gasteiger partial charge in [-0.2, -0.15) is 5.26 Å². The molecule has 0 fully saturated rings. The van der Waals surface area contributed by atoms with Gasteiger partial charge in [0.1, 0.15) is 0 Å². The molecule has 2 aromatic carbocycles. The molecule has 0 saturated carbocycles. The summed E-state index contributed by atoms with van der Waals surface area (Å²) in [7, 11) is 3.84. The van der Waals surface area contributed by atoms with E-state index in [2.05, 4.69) is 0 Å². The zero-order valence-corrected chi connectivity index (χ0v) is 12.5. The van der Waals surface area contributed by atoms with Gasteiger partial charge in [0.05, 0.1) is 18.1 Å². The normalized spacial score (nSPS) is 9.86. The molecule has 2 rings (SSSR count). The van der Waals surface area contributed by atoms with Crippen LogP contribution in [0.25, 0.3) is 0 Å². The minimum atomic E-state index is -0.244. The van der Waals surface area contributed by atoms with Crippen LogP contribution in [0, 0.1) is 11.3 Å². The number of carbonyl (C=O) groups excluding carboxylic acids is 2. The van der Waals surface area contributed by atoms with Crippen molar-refractivity contribution in [1.29, 1.82) is 5.26 Å². The van der Waals surface area contributed by atoms with Gasteiger partial charge in [-0.3, -0.25) is 9.59 Å². The number of rotatable bonds is 5. The number of benzene rings is 2. The lowest BCUT2D eigenvalue weighted by Crippen LogP contribution is -2.10. The van der Waals surface area contributed by atoms with Crippen LogP contribution in [0.2, 0.25) is 0 Å². The van der Waals surface area contributed by atoms with Crippen LogP contribution in [-0.4, -0.2) is 25.7 Å². The molecule has 0 unspecified atom stereocenters. The molecule has 0 spiro atoms. The zero-order valence-electron chi connectivity index (χ0n) is 12.5. The van der Waals surface area contributed by atoms with Gasteiger partial charge in [0, 0.05) is 30.9 Å². The van der Waals surface area contributed by atoms with Crippen molar-refractivity contribution >= 4 is 17.3 Å². The highest BCUT2D eigenvalue weighted by atomic mass is 16.1. The molecule has 22 heavy (non-hydrogen) atoms. The summed E-state index contributed by atoms with van der Waals surface area (Å²) in [5.41, 5.74) is 2.45. The Morgan fingerprint density at radius 2 is 1.36 bits per heavy atom. The highest BCUT2D eigenvalue weighted by Crippen LogP contribution is 2.15. The quantitative estimate of drug-likeness (QED) is 0.627. The Balaban J connectivity index is 2.07. The number of nitrogens with zero attached hydrogens (tertiary/aromatic N) is 2. The number of Topliss-reactive ketones (excluding diaryl/α,β-unsaturated/α-hetero) is 2. The van der Waals surface area contributed by atoms with Crippen molar-refractivity contribution in [3.63, 3.8) is 0 Å². The van der Waals surface area contributed by atoms with Crippen LogP contribution in [0.3, 0.4) is 0 Å². The van der Waals surface area contributed by atoms with Crippen molar-refractivity contribution in [2.75, 3.05) is 19.0 Å². The van der Waals surface area contributed by atoms with Crippen molar-refractivity contribution in [3.05, 3.63) is 65.2 Å². The first-order chi connectivity index (χ1) is 10.5. The van der Waals surface area contributed by atoms with Gasteiger partial charge in [-0.15, -0.1) is 0 Å². The molecular weight excluding hydrogens is 276 g/mol. The molecule has 0 N–H and O–H groups in total. The van der Waals surface area contributed by atoms with Gasteiger partial charge in [0.15, 0.2) is 11.6 Å². The third-order valence-electron chi connectivity index (χ3n) is 3.36. The summed E-state index contributed by atoms with van der Waals surface area (Å²) >= 11 is 0. The molecule has 0 aliphatic heterocycles. The first-order valence-electron chi connectivity index (χ1n) is 6.85. The molecule has 0 aliphatic carbocycles. The minimum absolute atomic E-state index is 0.173. The largest absolute Gasteiger partial charge is 0.378 e. The molecule has 0 bridgehead atoms. The molecule has 0 amide bonds. The monoisotopic (exact) mass is 292 g/mol. The summed E-state index contributed by atoms with van der Waals surface area (Å²) in [6.45, 7) is 0. The van der Waals surface area contributed by atoms with E-state index in [-0.39, 0.29) is 18.0 Å². The second-order valence-corrected chi connectivity index (χ2v) is 5.15. The van der Waals surface area contributed by atoms with Gasteiger partial charge in [0.2, 0.25) is 0 Å². The number of anilines is 1. The standard InChI is InChI=1S/C18H16N2O2/c1-20(2)16-9-7-15(8-10-16)18(22)11-17(21)14-5-3-13(12-19)4-6-14/h3-10H,11H2,1-2H3. The molecule has 110 valence electrons. The Kier molecular flexibility index (Phi) is 4.70. The SMILES string of the molecule is CN(C)c1ccc(C(=O)CC(=O)c2ccc(C#N)cc2)cc1. The molecule has 0 aliphatic rings. The van der Waals surface area contributed by atoms with Crippen molar-refractivity contribution in [1.82, 2.24) is 0 Å². The molecule has 0 saturated heterocycles. The fraction of sp³-hybridized carbons (Fsp3) is 0.167. The molecular formula is C18H16N2O2. The summed E-state index contributed by atoms with van der Waals surface area (Å²) in [5, 5.41) is 8.73. The van der Waals surface area contributed by atoms with E-state index in [4.69, 9.17) is 5.26 Å². The molecule has 0 heterocycles. The Bertz CT molecular complexity index is 723. The van der Waals surface area contributed by atoms with Crippen LogP contribution < -0.4 is 4.90 Å². The third-order valence-corrected chi connectivity index (χ3v) is 3.36. The van der Waals surface area contributed by atoms with Gasteiger partial charge in [0.25, 0.3) is 0 Å². The smallest absolute Gasteiger partial charge is 0.170 e. The zero-order chi connectivity index (χ0) is 16.1. The number of nitriles is 1. The third kappa shape index (κ3) is 3.58. The van der Waals surface area contributed by atoms with Crippen molar-refractivity contribution in [2.45, 2.75) is 6.42 Å². The van der Waals surface area contributed by atoms with Crippen molar-refractivity contribution in [2.24, 2.45) is 0 Å². The fourth-order valence-electron chi connectivity index (χ4n) is 2.03. The van der Waals surface area contributed by atoms with Crippen LogP contribution in [0.1, 0.15) is 32.7 Å². The average molecular weight is 292 g/mol. The van der Waals surface area contributed by atoms with E-state index in [1.54, 1.807) is 36.4 Å². The van der Waals surface area contributed by atoms with E-state index < -0.39 is 0 Å². The summed E-state index contributed by atoms with van der Waals surface area (Å²) in [4.78, 5) is 26.2. The van der Waals surface area contributed by atoms with E-state index in [1.807, 2.05) is 37.2 Å². The van der Waals surface area contributed by atoms with Crippen molar-refractivity contribution < 1.29 is 9.59 Å². The summed E-state index contributed by atoms with van der Waals surface area (Å²) < 4.78 is 0.